The van der Waals surface area contributed by atoms with E-state index < -0.39 is 0 Å². The van der Waals surface area contributed by atoms with Gasteiger partial charge in [0.1, 0.15) is 0 Å². The molecule has 1 saturated heterocycles. The fourth-order valence-corrected chi connectivity index (χ4v) is 1.63. The molecule has 2 N–H and O–H groups in total. The first-order valence-electron chi connectivity index (χ1n) is 3.82. The number of rotatable bonds is 1. The lowest BCUT2D eigenvalue weighted by atomic mass is 9.84. The van der Waals surface area contributed by atoms with Crippen LogP contribution in [0.5, 0.6) is 0 Å². The molecule has 1 rings (SSSR count). The maximum Gasteiger partial charge on any atom is 0.0633 e. The lowest BCUT2D eigenvalue weighted by molar-refractivity contribution is 0.0323. The van der Waals surface area contributed by atoms with E-state index in [2.05, 4.69) is 20.8 Å². The second kappa shape index (κ2) is 2.21. The van der Waals surface area contributed by atoms with Gasteiger partial charge in [-0.05, 0) is 26.8 Å². The second-order valence-corrected chi connectivity index (χ2v) is 4.24. The van der Waals surface area contributed by atoms with Crippen molar-refractivity contribution in [2.24, 2.45) is 11.1 Å². The van der Waals surface area contributed by atoms with Crippen molar-refractivity contribution in [3.05, 3.63) is 0 Å². The van der Waals surface area contributed by atoms with Gasteiger partial charge in [0.25, 0.3) is 0 Å². The van der Waals surface area contributed by atoms with Crippen LogP contribution in [0.25, 0.3) is 0 Å². The molecule has 0 aliphatic carbocycles. The fraction of sp³-hybridized carbons (Fsp3) is 1.00. The zero-order valence-corrected chi connectivity index (χ0v) is 7.11. The molecule has 0 spiro atoms. The first kappa shape index (κ1) is 8.02. The SMILES string of the molecule is CC1(C)C[C@](C)(CN)CO1. The minimum absolute atomic E-state index is 0.0497. The molecule has 2 heteroatoms. The third-order valence-electron chi connectivity index (χ3n) is 2.16. The summed E-state index contributed by atoms with van der Waals surface area (Å²) in [5, 5.41) is 0. The molecule has 1 aliphatic heterocycles. The molecule has 1 heterocycles. The van der Waals surface area contributed by atoms with E-state index in [1.807, 2.05) is 0 Å². The summed E-state index contributed by atoms with van der Waals surface area (Å²) in [6, 6.07) is 0. The highest BCUT2D eigenvalue weighted by molar-refractivity contribution is 4.90. The highest BCUT2D eigenvalue weighted by Gasteiger charge is 2.39. The first-order valence-corrected chi connectivity index (χ1v) is 3.82. The predicted octanol–water partition coefficient (Wildman–Crippen LogP) is 1.15. The molecule has 0 aromatic rings. The van der Waals surface area contributed by atoms with Gasteiger partial charge < -0.3 is 10.5 Å². The summed E-state index contributed by atoms with van der Waals surface area (Å²) in [6.45, 7) is 7.97. The van der Waals surface area contributed by atoms with E-state index in [-0.39, 0.29) is 11.0 Å². The van der Waals surface area contributed by atoms with Crippen molar-refractivity contribution in [3.63, 3.8) is 0 Å². The summed E-state index contributed by atoms with van der Waals surface area (Å²) in [6.07, 6.45) is 1.08. The van der Waals surface area contributed by atoms with E-state index in [4.69, 9.17) is 10.5 Å². The van der Waals surface area contributed by atoms with Gasteiger partial charge in [-0.25, -0.2) is 0 Å². The zero-order chi connectivity index (χ0) is 7.83. The van der Waals surface area contributed by atoms with E-state index in [0.29, 0.717) is 0 Å². The predicted molar refractivity (Wildman–Crippen MR) is 41.8 cm³/mol. The number of hydrogen-bond donors (Lipinski definition) is 1. The third kappa shape index (κ3) is 1.50. The van der Waals surface area contributed by atoms with Crippen LogP contribution in [0.15, 0.2) is 0 Å². The summed E-state index contributed by atoms with van der Waals surface area (Å²) in [5.41, 5.74) is 5.88. The molecule has 10 heavy (non-hydrogen) atoms. The van der Waals surface area contributed by atoms with Crippen LogP contribution in [0.4, 0.5) is 0 Å². The summed E-state index contributed by atoms with van der Waals surface area (Å²) < 4.78 is 5.57. The van der Waals surface area contributed by atoms with Crippen LogP contribution in [-0.2, 0) is 4.74 Å². The van der Waals surface area contributed by atoms with Crippen molar-refractivity contribution in [3.8, 4) is 0 Å². The molecule has 2 nitrogen and oxygen atoms in total. The van der Waals surface area contributed by atoms with Crippen LogP contribution in [0, 0.1) is 5.41 Å². The lowest BCUT2D eigenvalue weighted by Crippen LogP contribution is -2.28. The minimum atomic E-state index is 0.0497. The van der Waals surface area contributed by atoms with Crippen LogP contribution >= 0.6 is 0 Å². The molecule has 0 saturated carbocycles. The van der Waals surface area contributed by atoms with Crippen molar-refractivity contribution in [2.75, 3.05) is 13.2 Å². The van der Waals surface area contributed by atoms with Gasteiger partial charge in [-0.2, -0.15) is 0 Å². The van der Waals surface area contributed by atoms with E-state index in [0.717, 1.165) is 19.6 Å². The van der Waals surface area contributed by atoms with Crippen LogP contribution in [-0.4, -0.2) is 18.8 Å². The van der Waals surface area contributed by atoms with Gasteiger partial charge in [0.2, 0.25) is 0 Å². The minimum Gasteiger partial charge on any atom is -0.375 e. The fourth-order valence-electron chi connectivity index (χ4n) is 1.63. The molecule has 1 atom stereocenters. The number of hydrogen-bond acceptors (Lipinski definition) is 2. The van der Waals surface area contributed by atoms with E-state index in [1.54, 1.807) is 0 Å². The van der Waals surface area contributed by atoms with Crippen LogP contribution < -0.4 is 5.73 Å². The Morgan fingerprint density at radius 2 is 2.00 bits per heavy atom. The van der Waals surface area contributed by atoms with Gasteiger partial charge in [0, 0.05) is 5.41 Å². The van der Waals surface area contributed by atoms with Gasteiger partial charge in [0.05, 0.1) is 12.2 Å². The Morgan fingerprint density at radius 3 is 2.20 bits per heavy atom. The second-order valence-electron chi connectivity index (χ2n) is 4.24. The Morgan fingerprint density at radius 1 is 1.40 bits per heavy atom. The Balaban J connectivity index is 2.57. The van der Waals surface area contributed by atoms with Gasteiger partial charge >= 0.3 is 0 Å². The van der Waals surface area contributed by atoms with Gasteiger partial charge in [-0.15, -0.1) is 0 Å². The Labute approximate surface area is 62.7 Å². The molecule has 60 valence electrons. The topological polar surface area (TPSA) is 35.2 Å². The van der Waals surface area contributed by atoms with E-state index in [1.165, 1.54) is 0 Å². The summed E-state index contributed by atoms with van der Waals surface area (Å²) >= 11 is 0. The molecule has 0 amide bonds. The average molecular weight is 143 g/mol. The maximum absolute atomic E-state index is 5.61. The van der Waals surface area contributed by atoms with Crippen LogP contribution in [0.3, 0.4) is 0 Å². The molecule has 0 bridgehead atoms. The molecule has 0 radical (unpaired) electrons. The van der Waals surface area contributed by atoms with Crippen molar-refractivity contribution < 1.29 is 4.74 Å². The third-order valence-corrected chi connectivity index (χ3v) is 2.16. The Bertz CT molecular complexity index is 133. The van der Waals surface area contributed by atoms with Crippen molar-refractivity contribution in [1.29, 1.82) is 0 Å². The molecular formula is C8H17NO. The number of ether oxygens (including phenoxy) is 1. The van der Waals surface area contributed by atoms with Crippen LogP contribution in [0.2, 0.25) is 0 Å². The zero-order valence-electron chi connectivity index (χ0n) is 7.11. The lowest BCUT2D eigenvalue weighted by Gasteiger charge is -2.21. The molecule has 0 aromatic heterocycles. The Hall–Kier alpha value is -0.0800. The highest BCUT2D eigenvalue weighted by Crippen LogP contribution is 2.37. The summed E-state index contributed by atoms with van der Waals surface area (Å²) in [7, 11) is 0. The standard InChI is InChI=1S/C8H17NO/c1-7(2)4-8(3,5-9)6-10-7/h4-6,9H2,1-3H3/t8-/m1/s1. The van der Waals surface area contributed by atoms with Gasteiger partial charge in [0.15, 0.2) is 0 Å². The van der Waals surface area contributed by atoms with Crippen LogP contribution in [0.1, 0.15) is 27.2 Å². The van der Waals surface area contributed by atoms with Crippen molar-refractivity contribution in [2.45, 2.75) is 32.8 Å². The Kier molecular flexibility index (Phi) is 1.77. The van der Waals surface area contributed by atoms with E-state index in [9.17, 15) is 0 Å². The monoisotopic (exact) mass is 143 g/mol. The maximum atomic E-state index is 5.61. The molecule has 1 fully saturated rings. The van der Waals surface area contributed by atoms with Gasteiger partial charge in [-0.3, -0.25) is 0 Å². The number of nitrogens with two attached hydrogens (primary N) is 1. The molecule has 0 unspecified atom stereocenters. The quantitative estimate of drug-likeness (QED) is 0.597. The average Bonchev–Trinajstić information content (AvgIpc) is 2.08. The van der Waals surface area contributed by atoms with Crippen molar-refractivity contribution >= 4 is 0 Å². The first-order chi connectivity index (χ1) is 4.47. The van der Waals surface area contributed by atoms with Crippen molar-refractivity contribution in [1.82, 2.24) is 0 Å². The summed E-state index contributed by atoms with van der Waals surface area (Å²) in [4.78, 5) is 0. The largest absolute Gasteiger partial charge is 0.375 e. The molecule has 0 aromatic carbocycles. The van der Waals surface area contributed by atoms with Gasteiger partial charge in [-0.1, -0.05) is 6.92 Å². The highest BCUT2D eigenvalue weighted by atomic mass is 16.5. The normalized spacial score (nSPS) is 38.4. The summed E-state index contributed by atoms with van der Waals surface area (Å²) in [5.74, 6) is 0. The smallest absolute Gasteiger partial charge is 0.0633 e. The molecular weight excluding hydrogens is 126 g/mol. The molecule has 1 aliphatic rings. The van der Waals surface area contributed by atoms with E-state index >= 15 is 0 Å².